The van der Waals surface area contributed by atoms with Crippen LogP contribution in [0, 0.1) is 0 Å². The van der Waals surface area contributed by atoms with Crippen LogP contribution < -0.4 is 4.74 Å². The second-order valence-corrected chi connectivity index (χ2v) is 5.28. The first-order valence-corrected chi connectivity index (χ1v) is 6.64. The van der Waals surface area contributed by atoms with E-state index in [1.54, 1.807) is 43.5 Å². The summed E-state index contributed by atoms with van der Waals surface area (Å²) in [4.78, 5) is 12.6. The highest BCUT2D eigenvalue weighted by atomic mass is 35.5. The number of aromatic carboxylic acids is 1. The molecule has 2 rings (SSSR count). The maximum atomic E-state index is 10.8. The third-order valence-electron chi connectivity index (χ3n) is 2.45. The first-order chi connectivity index (χ1) is 9.10. The van der Waals surface area contributed by atoms with Crippen LogP contribution >= 0.6 is 23.4 Å². The van der Waals surface area contributed by atoms with Crippen molar-refractivity contribution in [3.05, 3.63) is 53.1 Å². The lowest BCUT2D eigenvalue weighted by Crippen LogP contribution is -1.94. The first-order valence-electron chi connectivity index (χ1n) is 5.45. The Labute approximate surface area is 120 Å². The van der Waals surface area contributed by atoms with Gasteiger partial charge in [0.1, 0.15) is 5.75 Å². The topological polar surface area (TPSA) is 46.5 Å². The molecule has 0 unspecified atom stereocenters. The molecule has 0 aliphatic carbocycles. The second kappa shape index (κ2) is 5.99. The molecule has 0 bridgehead atoms. The summed E-state index contributed by atoms with van der Waals surface area (Å²) in [6.45, 7) is 0. The molecule has 0 spiro atoms. The van der Waals surface area contributed by atoms with E-state index in [0.29, 0.717) is 10.8 Å². The largest absolute Gasteiger partial charge is 0.496 e. The van der Waals surface area contributed by atoms with E-state index in [-0.39, 0.29) is 5.56 Å². The number of ether oxygens (including phenoxy) is 1. The lowest BCUT2D eigenvalue weighted by Gasteiger charge is -2.08. The Morgan fingerprint density at radius 3 is 2.47 bits per heavy atom. The first kappa shape index (κ1) is 13.8. The van der Waals surface area contributed by atoms with Crippen molar-refractivity contribution in [1.29, 1.82) is 0 Å². The van der Waals surface area contributed by atoms with Crippen molar-refractivity contribution >= 4 is 29.3 Å². The van der Waals surface area contributed by atoms with Gasteiger partial charge in [-0.3, -0.25) is 0 Å². The zero-order valence-corrected chi connectivity index (χ0v) is 11.7. The maximum Gasteiger partial charge on any atom is 0.335 e. The van der Waals surface area contributed by atoms with Gasteiger partial charge in [-0.2, -0.15) is 0 Å². The fraction of sp³-hybridized carbons (Fsp3) is 0.0714. The van der Waals surface area contributed by atoms with E-state index in [9.17, 15) is 4.79 Å². The Bertz CT molecular complexity index is 596. The Morgan fingerprint density at radius 2 is 1.89 bits per heavy atom. The minimum Gasteiger partial charge on any atom is -0.496 e. The van der Waals surface area contributed by atoms with E-state index < -0.39 is 5.97 Å². The number of carbonyl (C=O) groups is 1. The lowest BCUT2D eigenvalue weighted by molar-refractivity contribution is 0.0697. The molecule has 0 fully saturated rings. The van der Waals surface area contributed by atoms with E-state index in [1.807, 2.05) is 6.07 Å². The zero-order valence-electron chi connectivity index (χ0n) is 10.1. The highest BCUT2D eigenvalue weighted by molar-refractivity contribution is 7.99. The quantitative estimate of drug-likeness (QED) is 0.918. The van der Waals surface area contributed by atoms with E-state index in [4.69, 9.17) is 21.4 Å². The number of hydrogen-bond donors (Lipinski definition) is 1. The molecule has 0 aliphatic rings. The van der Waals surface area contributed by atoms with Gasteiger partial charge in [-0.15, -0.1) is 0 Å². The number of rotatable bonds is 4. The maximum absolute atomic E-state index is 10.8. The van der Waals surface area contributed by atoms with Gasteiger partial charge in [-0.25, -0.2) is 4.79 Å². The number of methoxy groups -OCH3 is 1. The molecule has 0 heterocycles. The van der Waals surface area contributed by atoms with Crippen molar-refractivity contribution in [1.82, 2.24) is 0 Å². The Hall–Kier alpha value is -1.65. The Morgan fingerprint density at radius 1 is 1.21 bits per heavy atom. The summed E-state index contributed by atoms with van der Waals surface area (Å²) in [6, 6.07) is 12.1. The zero-order chi connectivity index (χ0) is 13.8. The number of halogens is 1. The van der Waals surface area contributed by atoms with Crippen LogP contribution in [0.2, 0.25) is 5.02 Å². The normalized spacial score (nSPS) is 10.2. The van der Waals surface area contributed by atoms with E-state index in [2.05, 4.69) is 0 Å². The molecule has 2 aromatic carbocycles. The van der Waals surface area contributed by atoms with Gasteiger partial charge in [0.25, 0.3) is 0 Å². The van der Waals surface area contributed by atoms with Gasteiger partial charge >= 0.3 is 5.97 Å². The number of carboxylic acid groups (broad SMARTS) is 1. The highest BCUT2D eigenvalue weighted by Gasteiger charge is 2.07. The standard InChI is InChI=1S/C14H11ClO3S/c1-18-12-8-10(15)4-7-13(12)19-11-5-2-9(3-6-11)14(16)17/h2-8H,1H3,(H,16,17). The van der Waals surface area contributed by atoms with Crippen LogP contribution in [0.4, 0.5) is 0 Å². The van der Waals surface area contributed by atoms with Gasteiger partial charge in [0.15, 0.2) is 0 Å². The molecule has 3 nitrogen and oxygen atoms in total. The molecule has 2 aromatic rings. The van der Waals surface area contributed by atoms with Crippen LogP contribution in [-0.4, -0.2) is 18.2 Å². The highest BCUT2D eigenvalue weighted by Crippen LogP contribution is 2.36. The van der Waals surface area contributed by atoms with Crippen LogP contribution in [0.1, 0.15) is 10.4 Å². The lowest BCUT2D eigenvalue weighted by atomic mass is 10.2. The third kappa shape index (κ3) is 3.43. The van der Waals surface area contributed by atoms with Gasteiger partial charge in [-0.05, 0) is 42.5 Å². The molecule has 5 heteroatoms. The summed E-state index contributed by atoms with van der Waals surface area (Å²) in [7, 11) is 1.59. The summed E-state index contributed by atoms with van der Waals surface area (Å²) in [5.41, 5.74) is 0.271. The molecular formula is C14H11ClO3S. The van der Waals surface area contributed by atoms with E-state index >= 15 is 0 Å². The van der Waals surface area contributed by atoms with Gasteiger partial charge in [-0.1, -0.05) is 23.4 Å². The fourth-order valence-electron chi connectivity index (χ4n) is 1.52. The number of carboxylic acids is 1. The predicted molar refractivity (Wildman–Crippen MR) is 75.5 cm³/mol. The minimum atomic E-state index is -0.930. The van der Waals surface area contributed by atoms with Crippen LogP contribution in [0.3, 0.4) is 0 Å². The van der Waals surface area contributed by atoms with Crippen molar-refractivity contribution < 1.29 is 14.6 Å². The SMILES string of the molecule is COc1cc(Cl)ccc1Sc1ccc(C(=O)O)cc1. The van der Waals surface area contributed by atoms with Gasteiger partial charge in [0, 0.05) is 9.92 Å². The molecule has 0 aromatic heterocycles. The molecule has 0 amide bonds. The molecule has 0 saturated carbocycles. The van der Waals surface area contributed by atoms with Crippen LogP contribution in [-0.2, 0) is 0 Å². The monoisotopic (exact) mass is 294 g/mol. The predicted octanol–water partition coefficient (Wildman–Crippen LogP) is 4.20. The van der Waals surface area contributed by atoms with Crippen molar-refractivity contribution in [3.63, 3.8) is 0 Å². The molecule has 0 saturated heterocycles. The summed E-state index contributed by atoms with van der Waals surface area (Å²) in [5, 5.41) is 9.45. The van der Waals surface area contributed by atoms with Crippen LogP contribution in [0.25, 0.3) is 0 Å². The van der Waals surface area contributed by atoms with Crippen molar-refractivity contribution in [2.24, 2.45) is 0 Å². The molecule has 1 N–H and O–H groups in total. The summed E-state index contributed by atoms with van der Waals surface area (Å²) in [6.07, 6.45) is 0. The second-order valence-electron chi connectivity index (χ2n) is 3.73. The van der Waals surface area contributed by atoms with Crippen molar-refractivity contribution in [2.45, 2.75) is 9.79 Å². The molecular weight excluding hydrogens is 284 g/mol. The Kier molecular flexibility index (Phi) is 4.35. The summed E-state index contributed by atoms with van der Waals surface area (Å²) >= 11 is 7.39. The van der Waals surface area contributed by atoms with Crippen molar-refractivity contribution in [3.8, 4) is 5.75 Å². The van der Waals surface area contributed by atoms with Gasteiger partial charge < -0.3 is 9.84 Å². The molecule has 98 valence electrons. The van der Waals surface area contributed by atoms with Crippen LogP contribution in [0.5, 0.6) is 5.75 Å². The number of hydrogen-bond acceptors (Lipinski definition) is 3. The third-order valence-corrected chi connectivity index (χ3v) is 3.75. The smallest absolute Gasteiger partial charge is 0.335 e. The summed E-state index contributed by atoms with van der Waals surface area (Å²) in [5.74, 6) is -0.236. The summed E-state index contributed by atoms with van der Waals surface area (Å²) < 4.78 is 5.26. The van der Waals surface area contributed by atoms with Gasteiger partial charge in [0.05, 0.1) is 17.6 Å². The molecule has 0 aliphatic heterocycles. The average Bonchev–Trinajstić information content (AvgIpc) is 2.41. The van der Waals surface area contributed by atoms with E-state index in [1.165, 1.54) is 11.8 Å². The Balaban J connectivity index is 2.23. The fourth-order valence-corrected chi connectivity index (χ4v) is 2.59. The molecule has 0 radical (unpaired) electrons. The van der Waals surface area contributed by atoms with Crippen LogP contribution in [0.15, 0.2) is 52.3 Å². The molecule has 19 heavy (non-hydrogen) atoms. The molecule has 0 atom stereocenters. The number of benzene rings is 2. The van der Waals surface area contributed by atoms with Crippen molar-refractivity contribution in [2.75, 3.05) is 7.11 Å². The van der Waals surface area contributed by atoms with Gasteiger partial charge in [0.2, 0.25) is 0 Å². The average molecular weight is 295 g/mol. The minimum absolute atomic E-state index is 0.271. The van der Waals surface area contributed by atoms with E-state index in [0.717, 1.165) is 9.79 Å².